The van der Waals surface area contributed by atoms with E-state index in [2.05, 4.69) is 25.8 Å². The van der Waals surface area contributed by atoms with E-state index in [9.17, 15) is 0 Å². The van der Waals surface area contributed by atoms with Gasteiger partial charge >= 0.3 is 0 Å². The maximum atomic E-state index is 8.80. The zero-order valence-electron chi connectivity index (χ0n) is 12.1. The highest BCUT2D eigenvalue weighted by Gasteiger charge is 2.07. The molecule has 0 saturated heterocycles. The number of rotatable bonds is 3. The topological polar surface area (TPSA) is 74.6 Å². The lowest BCUT2D eigenvalue weighted by Crippen LogP contribution is -2.15. The van der Waals surface area contributed by atoms with E-state index in [1.165, 1.54) is 0 Å². The molecule has 0 N–H and O–H groups in total. The number of benzene rings is 1. The van der Waals surface area contributed by atoms with Crippen LogP contribution in [0.2, 0.25) is 0 Å². The van der Waals surface area contributed by atoms with Crippen molar-refractivity contribution >= 4 is 5.57 Å². The summed E-state index contributed by atoms with van der Waals surface area (Å²) in [7, 11) is 2.11. The first-order valence-corrected chi connectivity index (χ1v) is 6.33. The molecule has 102 valence electrons. The molecule has 0 bridgehead atoms. The van der Waals surface area contributed by atoms with Gasteiger partial charge in [0.1, 0.15) is 23.8 Å². The summed E-state index contributed by atoms with van der Waals surface area (Å²) in [5.41, 5.74) is 0.558. The van der Waals surface area contributed by atoms with Crippen molar-refractivity contribution in [2.24, 2.45) is 0 Å². The van der Waals surface area contributed by atoms with Gasteiger partial charge in [-0.3, -0.25) is 0 Å². The quantitative estimate of drug-likeness (QED) is 0.788. The third-order valence-corrected chi connectivity index (χ3v) is 2.73. The number of allylic oxidation sites excluding steroid dienone is 2. The average molecular weight is 266 g/mol. The lowest BCUT2D eigenvalue weighted by molar-refractivity contribution is 0.373. The Bertz CT molecular complexity index is 533. The van der Waals surface area contributed by atoms with E-state index in [0.29, 0.717) is 5.56 Å². The van der Waals surface area contributed by atoms with Gasteiger partial charge in [-0.2, -0.15) is 15.8 Å². The molecule has 0 aromatic heterocycles. The summed E-state index contributed by atoms with van der Waals surface area (Å²) in [6.45, 7) is 6.64. The largest absolute Gasteiger partial charge is 0.307 e. The Morgan fingerprint density at radius 2 is 1.45 bits per heavy atom. The molecule has 0 atom stereocenters. The van der Waals surface area contributed by atoms with Crippen LogP contribution >= 0.6 is 0 Å². The predicted octanol–water partition coefficient (Wildman–Crippen LogP) is 2.97. The number of nitriles is 3. The van der Waals surface area contributed by atoms with Crippen LogP contribution in [0.15, 0.2) is 35.9 Å². The zero-order valence-corrected chi connectivity index (χ0v) is 12.1. The van der Waals surface area contributed by atoms with Gasteiger partial charge in [0, 0.05) is 0 Å². The summed E-state index contributed by atoms with van der Waals surface area (Å²) in [4.78, 5) is 2.25. The molecule has 0 unspecified atom stereocenters. The lowest BCUT2D eigenvalue weighted by atomic mass is 10.0. The summed E-state index contributed by atoms with van der Waals surface area (Å²) >= 11 is 0. The minimum absolute atomic E-state index is 0.121. The Balaban J connectivity index is 0.000000511. The first kappa shape index (κ1) is 17.4. The van der Waals surface area contributed by atoms with Crippen LogP contribution in [0.5, 0.6) is 0 Å². The van der Waals surface area contributed by atoms with Crippen molar-refractivity contribution in [1.82, 2.24) is 4.90 Å². The zero-order chi connectivity index (χ0) is 15.4. The van der Waals surface area contributed by atoms with E-state index in [-0.39, 0.29) is 11.1 Å². The molecular weight excluding hydrogens is 248 g/mol. The van der Waals surface area contributed by atoms with Crippen molar-refractivity contribution in [2.45, 2.75) is 13.8 Å². The Kier molecular flexibility index (Phi) is 8.98. The van der Waals surface area contributed by atoms with Gasteiger partial charge in [-0.05, 0) is 25.7 Å². The highest BCUT2D eigenvalue weighted by atomic mass is 15.1. The van der Waals surface area contributed by atoms with Crippen LogP contribution in [0.1, 0.15) is 19.4 Å². The second kappa shape index (κ2) is 10.3. The summed E-state index contributed by atoms with van der Waals surface area (Å²) in [5, 5.41) is 26.0. The van der Waals surface area contributed by atoms with Crippen LogP contribution < -0.4 is 0 Å². The molecule has 0 aliphatic heterocycles. The summed E-state index contributed by atoms with van der Waals surface area (Å²) in [6.07, 6.45) is 0. The van der Waals surface area contributed by atoms with Gasteiger partial charge < -0.3 is 4.90 Å². The molecule has 0 aliphatic carbocycles. The average Bonchev–Trinajstić information content (AvgIpc) is 2.53. The SMILES string of the molecule is CCN(C)CC.N#CC(C#N)=C(C#N)c1ccccc1. The molecule has 4 heteroatoms. The van der Waals surface area contributed by atoms with Crippen LogP contribution in [-0.4, -0.2) is 25.0 Å². The van der Waals surface area contributed by atoms with Gasteiger partial charge in [0.25, 0.3) is 0 Å². The normalized spacial score (nSPS) is 8.45. The minimum Gasteiger partial charge on any atom is -0.307 e. The molecule has 0 radical (unpaired) electrons. The molecule has 20 heavy (non-hydrogen) atoms. The van der Waals surface area contributed by atoms with Gasteiger partial charge in [-0.25, -0.2) is 0 Å². The van der Waals surface area contributed by atoms with Crippen molar-refractivity contribution in [3.63, 3.8) is 0 Å². The maximum absolute atomic E-state index is 8.80. The Morgan fingerprint density at radius 3 is 1.75 bits per heavy atom. The number of hydrogen-bond donors (Lipinski definition) is 0. The molecule has 0 saturated carbocycles. The van der Waals surface area contributed by atoms with E-state index in [4.69, 9.17) is 15.8 Å². The highest BCUT2D eigenvalue weighted by Crippen LogP contribution is 2.16. The maximum Gasteiger partial charge on any atom is 0.148 e. The predicted molar refractivity (Wildman–Crippen MR) is 79.0 cm³/mol. The molecule has 0 fully saturated rings. The number of hydrogen-bond acceptors (Lipinski definition) is 4. The first-order valence-electron chi connectivity index (χ1n) is 6.33. The fraction of sp³-hybridized carbons (Fsp3) is 0.312. The van der Waals surface area contributed by atoms with E-state index < -0.39 is 0 Å². The van der Waals surface area contributed by atoms with Crippen LogP contribution in [0.25, 0.3) is 5.57 Å². The Labute approximate surface area is 120 Å². The van der Waals surface area contributed by atoms with Crippen molar-refractivity contribution < 1.29 is 0 Å². The van der Waals surface area contributed by atoms with Crippen molar-refractivity contribution in [3.8, 4) is 18.2 Å². The molecule has 0 aliphatic rings. The highest BCUT2D eigenvalue weighted by molar-refractivity contribution is 5.84. The molecule has 0 amide bonds. The van der Waals surface area contributed by atoms with Crippen LogP contribution in [0.4, 0.5) is 0 Å². The van der Waals surface area contributed by atoms with Gasteiger partial charge in [-0.15, -0.1) is 0 Å². The fourth-order valence-electron chi connectivity index (χ4n) is 1.23. The van der Waals surface area contributed by atoms with Gasteiger partial charge in [0.2, 0.25) is 0 Å². The minimum atomic E-state index is -0.154. The smallest absolute Gasteiger partial charge is 0.148 e. The Morgan fingerprint density at radius 1 is 0.950 bits per heavy atom. The van der Waals surface area contributed by atoms with E-state index >= 15 is 0 Å². The van der Waals surface area contributed by atoms with Crippen LogP contribution in [0, 0.1) is 34.0 Å². The monoisotopic (exact) mass is 266 g/mol. The molecule has 1 rings (SSSR count). The summed E-state index contributed by atoms with van der Waals surface area (Å²) in [5.74, 6) is 0. The molecule has 1 aromatic carbocycles. The fourth-order valence-corrected chi connectivity index (χ4v) is 1.23. The molecule has 4 nitrogen and oxygen atoms in total. The van der Waals surface area contributed by atoms with Gasteiger partial charge in [-0.1, -0.05) is 44.2 Å². The van der Waals surface area contributed by atoms with Gasteiger partial charge in [0.15, 0.2) is 0 Å². The molecule has 0 heterocycles. The number of nitrogens with zero attached hydrogens (tertiary/aromatic N) is 4. The summed E-state index contributed by atoms with van der Waals surface area (Å²) in [6, 6.07) is 13.9. The third-order valence-electron chi connectivity index (χ3n) is 2.73. The van der Waals surface area contributed by atoms with Crippen molar-refractivity contribution in [3.05, 3.63) is 41.5 Å². The van der Waals surface area contributed by atoms with Gasteiger partial charge in [0.05, 0.1) is 5.57 Å². The van der Waals surface area contributed by atoms with Crippen molar-refractivity contribution in [2.75, 3.05) is 20.1 Å². The van der Waals surface area contributed by atoms with E-state index in [1.54, 1.807) is 42.5 Å². The molecule has 0 spiro atoms. The molecule has 1 aromatic rings. The third kappa shape index (κ3) is 5.83. The van der Waals surface area contributed by atoms with Crippen molar-refractivity contribution in [1.29, 1.82) is 15.8 Å². The van der Waals surface area contributed by atoms with Crippen LogP contribution in [-0.2, 0) is 0 Å². The molecular formula is C16H18N4. The Hall–Kier alpha value is -2.61. The standard InChI is InChI=1S/C11H5N3.C5H13N/c12-6-10(7-13)11(8-14)9-4-2-1-3-5-9;1-4-6(3)5-2/h1-5H;4-5H2,1-3H3. The second-order valence-electron chi connectivity index (χ2n) is 3.94. The van der Waals surface area contributed by atoms with E-state index in [1.807, 2.05) is 6.07 Å². The second-order valence-corrected chi connectivity index (χ2v) is 3.94. The van der Waals surface area contributed by atoms with Crippen LogP contribution in [0.3, 0.4) is 0 Å². The first-order chi connectivity index (χ1) is 9.64. The summed E-state index contributed by atoms with van der Waals surface area (Å²) < 4.78 is 0. The van der Waals surface area contributed by atoms with E-state index in [0.717, 1.165) is 13.1 Å². The lowest BCUT2D eigenvalue weighted by Gasteiger charge is -2.07.